The summed E-state index contributed by atoms with van der Waals surface area (Å²) in [4.78, 5) is 6.66. The van der Waals surface area contributed by atoms with Crippen LogP contribution in [-0.4, -0.2) is 63.6 Å². The third-order valence-corrected chi connectivity index (χ3v) is 10.6. The van der Waals surface area contributed by atoms with E-state index >= 15 is 0 Å². The molecule has 3 heterocycles. The number of hydrogen-bond donors (Lipinski definition) is 2. The molecule has 2 bridgehead atoms. The molecule has 1 saturated carbocycles. The molecule has 1 aromatic heterocycles. The predicted molar refractivity (Wildman–Crippen MR) is 141 cm³/mol. The summed E-state index contributed by atoms with van der Waals surface area (Å²) in [6.07, 6.45) is 10.8. The van der Waals surface area contributed by atoms with E-state index in [2.05, 4.69) is 61.3 Å². The van der Waals surface area contributed by atoms with Gasteiger partial charge in [0.15, 0.2) is 0 Å². The summed E-state index contributed by atoms with van der Waals surface area (Å²) in [5, 5.41) is 23.4. The van der Waals surface area contributed by atoms with Crippen molar-refractivity contribution in [3.05, 3.63) is 71.5 Å². The summed E-state index contributed by atoms with van der Waals surface area (Å²) in [7, 11) is 3.97. The lowest BCUT2D eigenvalue weighted by atomic mass is 9.54. The number of ether oxygens (including phenoxy) is 1. The van der Waals surface area contributed by atoms with E-state index in [1.807, 2.05) is 31.3 Å². The molecule has 2 spiro atoms. The van der Waals surface area contributed by atoms with Crippen LogP contribution in [0.4, 0.5) is 0 Å². The van der Waals surface area contributed by atoms with Gasteiger partial charge in [-0.15, -0.1) is 0 Å². The Kier molecular flexibility index (Phi) is 4.69. The Balaban J connectivity index is 1.36. The number of benzene rings is 1. The SMILES string of the molecule is CC1C=C2C=C3[C@@H](O)[C@H](O)[C@@H](N(C)C)C[C@]34CC[C@]2(O4)C2CC=C(c3cccc4ncccc34)[C@@]12C. The van der Waals surface area contributed by atoms with Crippen LogP contribution in [0.15, 0.2) is 65.9 Å². The molecule has 2 unspecified atom stereocenters. The van der Waals surface area contributed by atoms with Crippen molar-refractivity contribution in [2.24, 2.45) is 17.3 Å². The van der Waals surface area contributed by atoms with E-state index in [0.29, 0.717) is 18.3 Å². The summed E-state index contributed by atoms with van der Waals surface area (Å²) in [5.74, 6) is 0.624. The summed E-state index contributed by atoms with van der Waals surface area (Å²) >= 11 is 0. The number of likely N-dealkylation sites (N-methyl/N-ethyl adjacent to an activating group) is 1. The van der Waals surface area contributed by atoms with Crippen molar-refractivity contribution in [2.75, 3.05) is 14.1 Å². The normalized spacial score (nSPS) is 43.0. The third-order valence-electron chi connectivity index (χ3n) is 10.6. The van der Waals surface area contributed by atoms with Crippen molar-refractivity contribution >= 4 is 16.5 Å². The first-order chi connectivity index (χ1) is 17.2. The number of fused-ring (bicyclic) bond motifs is 2. The van der Waals surface area contributed by atoms with Crippen LogP contribution in [0.2, 0.25) is 0 Å². The minimum absolute atomic E-state index is 0.0712. The van der Waals surface area contributed by atoms with E-state index in [1.165, 1.54) is 22.1 Å². The summed E-state index contributed by atoms with van der Waals surface area (Å²) in [6, 6.07) is 10.6. The standard InChI is InChI=1S/C31H36N2O3/c1-18-15-19-16-23-27(34)28(35)25(33(3)4)17-30(23)12-13-31(19,36-30)26-11-10-22(29(18,26)2)20-7-5-9-24-21(20)8-6-14-32-24/h5-10,14-16,18,25-28,34-35H,11-13,17H2,1-4H3/t18?,25-,26?,27+,28+,29+,30+,31+/m0/s1. The maximum absolute atomic E-state index is 11.2. The number of hydrogen-bond acceptors (Lipinski definition) is 5. The van der Waals surface area contributed by atoms with E-state index in [-0.39, 0.29) is 17.1 Å². The Labute approximate surface area is 213 Å². The second-order valence-corrected chi connectivity index (χ2v) is 12.2. The van der Waals surface area contributed by atoms with Crippen molar-refractivity contribution < 1.29 is 14.9 Å². The zero-order chi connectivity index (χ0) is 25.0. The molecule has 2 aromatic rings. The fraction of sp³-hybridized carbons (Fsp3) is 0.516. The minimum Gasteiger partial charge on any atom is -0.388 e. The first-order valence-corrected chi connectivity index (χ1v) is 13.4. The Morgan fingerprint density at radius 1 is 1.11 bits per heavy atom. The molecule has 7 rings (SSSR count). The van der Waals surface area contributed by atoms with Crippen molar-refractivity contribution in [1.29, 1.82) is 0 Å². The maximum Gasteiger partial charge on any atom is 0.105 e. The highest BCUT2D eigenvalue weighted by atomic mass is 16.5. The lowest BCUT2D eigenvalue weighted by Crippen LogP contribution is -2.62. The highest BCUT2D eigenvalue weighted by Crippen LogP contribution is 2.69. The third kappa shape index (κ3) is 2.67. The molecule has 5 aliphatic rings. The molecule has 2 N–H and O–H groups in total. The fourth-order valence-electron chi connectivity index (χ4n) is 8.57. The zero-order valence-corrected chi connectivity index (χ0v) is 21.6. The van der Waals surface area contributed by atoms with E-state index in [9.17, 15) is 10.2 Å². The van der Waals surface area contributed by atoms with Crippen LogP contribution in [0, 0.1) is 17.3 Å². The second-order valence-electron chi connectivity index (χ2n) is 12.2. The monoisotopic (exact) mass is 484 g/mol. The first kappa shape index (κ1) is 22.9. The van der Waals surface area contributed by atoms with Crippen molar-refractivity contribution in [2.45, 2.75) is 69.0 Å². The van der Waals surface area contributed by atoms with Gasteiger partial charge in [-0.3, -0.25) is 4.98 Å². The number of rotatable bonds is 2. The number of aliphatic hydroxyl groups excluding tert-OH is 2. The lowest BCUT2D eigenvalue weighted by molar-refractivity contribution is -0.165. The van der Waals surface area contributed by atoms with Gasteiger partial charge in [0.2, 0.25) is 0 Å². The van der Waals surface area contributed by atoms with Gasteiger partial charge in [-0.25, -0.2) is 0 Å². The van der Waals surface area contributed by atoms with Gasteiger partial charge in [-0.1, -0.05) is 50.3 Å². The van der Waals surface area contributed by atoms with Crippen LogP contribution < -0.4 is 0 Å². The number of aromatic nitrogens is 1. The van der Waals surface area contributed by atoms with Gasteiger partial charge < -0.3 is 19.8 Å². The lowest BCUT2D eigenvalue weighted by Gasteiger charge is -2.57. The van der Waals surface area contributed by atoms with Gasteiger partial charge in [0.05, 0.1) is 22.8 Å². The summed E-state index contributed by atoms with van der Waals surface area (Å²) in [6.45, 7) is 4.77. The van der Waals surface area contributed by atoms with E-state index in [1.54, 1.807) is 0 Å². The summed E-state index contributed by atoms with van der Waals surface area (Å²) < 4.78 is 7.30. The smallest absolute Gasteiger partial charge is 0.105 e. The number of allylic oxidation sites excluding steroid dienone is 3. The van der Waals surface area contributed by atoms with Crippen LogP contribution in [-0.2, 0) is 4.74 Å². The molecule has 188 valence electrons. The molecule has 0 radical (unpaired) electrons. The molecular formula is C31H36N2O3. The van der Waals surface area contributed by atoms with Gasteiger partial charge in [-0.05, 0) is 80.1 Å². The molecule has 8 atom stereocenters. The number of aliphatic hydroxyl groups is 2. The molecule has 2 aliphatic heterocycles. The number of pyridine rings is 1. The molecule has 5 heteroatoms. The predicted octanol–water partition coefficient (Wildman–Crippen LogP) is 4.50. The average molecular weight is 485 g/mol. The van der Waals surface area contributed by atoms with Gasteiger partial charge in [-0.2, -0.15) is 0 Å². The maximum atomic E-state index is 11.2. The van der Waals surface area contributed by atoms with E-state index in [4.69, 9.17) is 4.74 Å². The van der Waals surface area contributed by atoms with Crippen molar-refractivity contribution in [3.8, 4) is 0 Å². The van der Waals surface area contributed by atoms with Crippen molar-refractivity contribution in [3.63, 3.8) is 0 Å². The van der Waals surface area contributed by atoms with E-state index in [0.717, 1.165) is 30.4 Å². The second kappa shape index (κ2) is 7.38. The molecule has 3 aliphatic carbocycles. The largest absolute Gasteiger partial charge is 0.388 e. The van der Waals surface area contributed by atoms with Crippen LogP contribution in [0.5, 0.6) is 0 Å². The highest BCUT2D eigenvalue weighted by molar-refractivity contribution is 5.94. The molecule has 1 aromatic carbocycles. The van der Waals surface area contributed by atoms with Crippen LogP contribution in [0.25, 0.3) is 16.5 Å². The van der Waals surface area contributed by atoms with Gasteiger partial charge in [0.1, 0.15) is 6.10 Å². The Bertz CT molecular complexity index is 1360. The van der Waals surface area contributed by atoms with Crippen LogP contribution in [0.1, 0.15) is 45.1 Å². The Morgan fingerprint density at radius 3 is 2.75 bits per heavy atom. The molecule has 36 heavy (non-hydrogen) atoms. The van der Waals surface area contributed by atoms with Crippen LogP contribution >= 0.6 is 0 Å². The van der Waals surface area contributed by atoms with Gasteiger partial charge in [0.25, 0.3) is 0 Å². The Hall–Kier alpha value is -2.31. The Morgan fingerprint density at radius 2 is 1.94 bits per heavy atom. The minimum atomic E-state index is -0.896. The molecule has 1 saturated heterocycles. The molecule has 5 nitrogen and oxygen atoms in total. The van der Waals surface area contributed by atoms with Crippen LogP contribution in [0.3, 0.4) is 0 Å². The summed E-state index contributed by atoms with van der Waals surface area (Å²) in [5.41, 5.74) is 4.90. The van der Waals surface area contributed by atoms with Crippen molar-refractivity contribution in [1.82, 2.24) is 9.88 Å². The quantitative estimate of drug-likeness (QED) is 0.657. The first-order valence-electron chi connectivity index (χ1n) is 13.4. The fourth-order valence-corrected chi connectivity index (χ4v) is 8.57. The molecular weight excluding hydrogens is 448 g/mol. The topological polar surface area (TPSA) is 65.8 Å². The highest BCUT2D eigenvalue weighted by Gasteiger charge is 2.68. The molecule has 0 amide bonds. The zero-order valence-electron chi connectivity index (χ0n) is 21.6. The van der Waals surface area contributed by atoms with Gasteiger partial charge >= 0.3 is 0 Å². The van der Waals surface area contributed by atoms with E-state index < -0.39 is 17.8 Å². The average Bonchev–Trinajstić information content (AvgIpc) is 3.39. The number of nitrogens with zero attached hydrogens (tertiary/aromatic N) is 2. The van der Waals surface area contributed by atoms with Gasteiger partial charge in [0, 0.05) is 29.0 Å². The molecule has 2 fully saturated rings.